The van der Waals surface area contributed by atoms with Crippen LogP contribution in [-0.2, 0) is 4.79 Å². The third-order valence-electron chi connectivity index (χ3n) is 3.21. The number of carbonyl (C=O) groups is 1. The van der Waals surface area contributed by atoms with Gasteiger partial charge in [-0.1, -0.05) is 11.8 Å². The summed E-state index contributed by atoms with van der Waals surface area (Å²) >= 11 is 2.65. The maximum atomic E-state index is 12.0. The van der Waals surface area contributed by atoms with Gasteiger partial charge in [-0.15, -0.1) is 21.5 Å². The number of nitrogens with zero attached hydrogens (tertiary/aromatic N) is 5. The van der Waals surface area contributed by atoms with Crippen LogP contribution in [0.15, 0.2) is 45.5 Å². The molecule has 0 radical (unpaired) electrons. The smallest absolute Gasteiger partial charge is 0.236 e. The molecule has 0 spiro atoms. The third kappa shape index (κ3) is 3.39. The van der Waals surface area contributed by atoms with Crippen molar-refractivity contribution in [1.82, 2.24) is 24.8 Å². The third-order valence-corrected chi connectivity index (χ3v) is 5.00. The lowest BCUT2D eigenvalue weighted by molar-refractivity contribution is -0.113. The molecule has 1 N–H and O–H groups in total. The topological polar surface area (TPSA) is 98.2 Å². The van der Waals surface area contributed by atoms with Gasteiger partial charge in [-0.25, -0.2) is 4.98 Å². The number of thiazole rings is 1. The second-order valence-electron chi connectivity index (χ2n) is 5.08. The zero-order valence-electron chi connectivity index (χ0n) is 13.0. The van der Waals surface area contributed by atoms with E-state index in [-0.39, 0.29) is 11.7 Å². The molecule has 4 aromatic rings. The summed E-state index contributed by atoms with van der Waals surface area (Å²) in [5.41, 5.74) is 2.15. The minimum Gasteiger partial charge on any atom is -0.463 e. The van der Waals surface area contributed by atoms with Crippen LogP contribution in [0, 0.1) is 6.92 Å². The van der Waals surface area contributed by atoms with Gasteiger partial charge in [-0.05, 0) is 31.2 Å². The van der Waals surface area contributed by atoms with Crippen molar-refractivity contribution in [2.45, 2.75) is 12.1 Å². The van der Waals surface area contributed by atoms with Gasteiger partial charge < -0.3 is 9.73 Å². The molecule has 1 amide bonds. The molecule has 4 heterocycles. The Kier molecular flexibility index (Phi) is 4.20. The molecule has 0 aliphatic carbocycles. The number of aromatic nitrogens is 5. The van der Waals surface area contributed by atoms with E-state index in [0.717, 1.165) is 5.69 Å². The Bertz CT molecular complexity index is 1020. The normalized spacial score (nSPS) is 11.1. The zero-order valence-corrected chi connectivity index (χ0v) is 14.7. The van der Waals surface area contributed by atoms with Gasteiger partial charge in [-0.2, -0.15) is 9.61 Å². The highest BCUT2D eigenvalue weighted by Gasteiger charge is 2.13. The van der Waals surface area contributed by atoms with E-state index in [1.165, 1.54) is 23.1 Å². The molecule has 0 atom stereocenters. The SMILES string of the molecule is Cc1csc(NC(=O)CSc2nnc3ccc(-c4ccco4)nn23)n1. The van der Waals surface area contributed by atoms with Crippen LogP contribution in [0.2, 0.25) is 0 Å². The lowest BCUT2D eigenvalue weighted by atomic mass is 10.3. The summed E-state index contributed by atoms with van der Waals surface area (Å²) in [5.74, 6) is 0.688. The number of furan rings is 1. The van der Waals surface area contributed by atoms with E-state index in [0.29, 0.717) is 27.4 Å². The van der Waals surface area contributed by atoms with Crippen LogP contribution in [0.5, 0.6) is 0 Å². The molecule has 25 heavy (non-hydrogen) atoms. The number of hydrogen-bond donors (Lipinski definition) is 1. The molecular formula is C15H12N6O2S2. The number of rotatable bonds is 5. The van der Waals surface area contributed by atoms with Crippen molar-refractivity contribution in [3.63, 3.8) is 0 Å². The number of amides is 1. The van der Waals surface area contributed by atoms with Crippen molar-refractivity contribution in [2.24, 2.45) is 0 Å². The second-order valence-corrected chi connectivity index (χ2v) is 6.88. The van der Waals surface area contributed by atoms with Gasteiger partial charge >= 0.3 is 0 Å². The molecule has 0 aliphatic rings. The van der Waals surface area contributed by atoms with Crippen molar-refractivity contribution in [1.29, 1.82) is 0 Å². The van der Waals surface area contributed by atoms with Crippen LogP contribution < -0.4 is 5.32 Å². The first-order chi connectivity index (χ1) is 12.2. The monoisotopic (exact) mass is 372 g/mol. The van der Waals surface area contributed by atoms with E-state index in [9.17, 15) is 4.79 Å². The minimum atomic E-state index is -0.154. The maximum Gasteiger partial charge on any atom is 0.236 e. The van der Waals surface area contributed by atoms with E-state index in [2.05, 4.69) is 25.6 Å². The highest BCUT2D eigenvalue weighted by molar-refractivity contribution is 7.99. The fourth-order valence-corrected chi connectivity index (χ4v) is 3.50. The van der Waals surface area contributed by atoms with Gasteiger partial charge in [0.1, 0.15) is 5.69 Å². The van der Waals surface area contributed by atoms with Gasteiger partial charge in [0.15, 0.2) is 16.5 Å². The average Bonchev–Trinajstić information content (AvgIpc) is 3.33. The number of nitrogens with one attached hydrogen (secondary N) is 1. The van der Waals surface area contributed by atoms with Crippen LogP contribution in [0.4, 0.5) is 5.13 Å². The molecule has 0 unspecified atom stereocenters. The van der Waals surface area contributed by atoms with Gasteiger partial charge in [0.2, 0.25) is 11.1 Å². The summed E-state index contributed by atoms with van der Waals surface area (Å²) in [4.78, 5) is 16.3. The Morgan fingerprint density at radius 2 is 2.28 bits per heavy atom. The first-order valence-electron chi connectivity index (χ1n) is 7.30. The molecule has 0 fully saturated rings. The number of anilines is 1. The maximum absolute atomic E-state index is 12.0. The largest absolute Gasteiger partial charge is 0.463 e. The summed E-state index contributed by atoms with van der Waals surface area (Å²) in [6, 6.07) is 7.25. The van der Waals surface area contributed by atoms with E-state index in [1.54, 1.807) is 22.9 Å². The van der Waals surface area contributed by atoms with Crippen LogP contribution in [0.3, 0.4) is 0 Å². The first-order valence-corrected chi connectivity index (χ1v) is 9.17. The van der Waals surface area contributed by atoms with E-state index in [4.69, 9.17) is 4.42 Å². The minimum absolute atomic E-state index is 0.154. The number of fused-ring (bicyclic) bond motifs is 1. The molecule has 8 nitrogen and oxygen atoms in total. The average molecular weight is 372 g/mol. The van der Waals surface area contributed by atoms with Gasteiger partial charge in [0.05, 0.1) is 17.7 Å². The Labute approximate surface area is 150 Å². The lowest BCUT2D eigenvalue weighted by Gasteiger charge is -2.02. The van der Waals surface area contributed by atoms with Crippen molar-refractivity contribution in [3.8, 4) is 11.5 Å². The van der Waals surface area contributed by atoms with Gasteiger partial charge in [0, 0.05) is 5.38 Å². The predicted molar refractivity (Wildman–Crippen MR) is 94.7 cm³/mol. The van der Waals surface area contributed by atoms with E-state index >= 15 is 0 Å². The zero-order chi connectivity index (χ0) is 17.2. The molecule has 0 saturated carbocycles. The summed E-state index contributed by atoms with van der Waals surface area (Å²) in [6.07, 6.45) is 1.59. The Morgan fingerprint density at radius 1 is 1.36 bits per heavy atom. The Morgan fingerprint density at radius 3 is 3.04 bits per heavy atom. The molecule has 10 heteroatoms. The molecule has 4 aromatic heterocycles. The van der Waals surface area contributed by atoms with Crippen molar-refractivity contribution >= 4 is 39.8 Å². The molecule has 0 bridgehead atoms. The molecular weight excluding hydrogens is 360 g/mol. The molecule has 4 rings (SSSR count). The summed E-state index contributed by atoms with van der Waals surface area (Å²) in [5, 5.41) is 18.4. The standard InChI is InChI=1S/C15H12N6O2S2/c1-9-7-24-14(16-9)17-13(22)8-25-15-19-18-12-5-4-10(20-21(12)15)11-3-2-6-23-11/h2-7H,8H2,1H3,(H,16,17,22). The van der Waals surface area contributed by atoms with E-state index in [1.807, 2.05) is 24.4 Å². The van der Waals surface area contributed by atoms with Crippen LogP contribution in [0.25, 0.3) is 17.1 Å². The second kappa shape index (κ2) is 6.65. The van der Waals surface area contributed by atoms with Crippen molar-refractivity contribution < 1.29 is 9.21 Å². The van der Waals surface area contributed by atoms with Gasteiger partial charge in [0.25, 0.3) is 0 Å². The highest BCUT2D eigenvalue weighted by atomic mass is 32.2. The lowest BCUT2D eigenvalue weighted by Crippen LogP contribution is -2.14. The quantitative estimate of drug-likeness (QED) is 0.538. The van der Waals surface area contributed by atoms with Crippen LogP contribution in [-0.4, -0.2) is 36.5 Å². The summed E-state index contributed by atoms with van der Waals surface area (Å²) < 4.78 is 6.96. The first kappa shape index (κ1) is 15.8. The number of thioether (sulfide) groups is 1. The summed E-state index contributed by atoms with van der Waals surface area (Å²) in [6.45, 7) is 1.88. The Balaban J connectivity index is 1.49. The van der Waals surface area contributed by atoms with E-state index < -0.39 is 0 Å². The highest BCUT2D eigenvalue weighted by Crippen LogP contribution is 2.21. The predicted octanol–water partition coefficient (Wildman–Crippen LogP) is 2.88. The Hall–Kier alpha value is -2.72. The summed E-state index contributed by atoms with van der Waals surface area (Å²) in [7, 11) is 0. The fraction of sp³-hybridized carbons (Fsp3) is 0.133. The van der Waals surface area contributed by atoms with Gasteiger partial charge in [-0.3, -0.25) is 4.79 Å². The van der Waals surface area contributed by atoms with Crippen LogP contribution in [0.1, 0.15) is 5.69 Å². The molecule has 126 valence electrons. The van der Waals surface area contributed by atoms with Crippen molar-refractivity contribution in [2.75, 3.05) is 11.1 Å². The molecule has 0 aliphatic heterocycles. The fourth-order valence-electron chi connectivity index (χ4n) is 2.11. The number of hydrogen-bond acceptors (Lipinski definition) is 8. The molecule has 0 aromatic carbocycles. The van der Waals surface area contributed by atoms with Crippen molar-refractivity contribution in [3.05, 3.63) is 41.6 Å². The number of carbonyl (C=O) groups excluding carboxylic acids is 1. The van der Waals surface area contributed by atoms with Crippen LogP contribution >= 0.6 is 23.1 Å². The molecule has 0 saturated heterocycles. The number of aryl methyl sites for hydroxylation is 1.